The molecule has 1 aliphatic heterocycles. The van der Waals surface area contributed by atoms with E-state index in [1.807, 2.05) is 24.3 Å². The number of halogens is 1. The van der Waals surface area contributed by atoms with Crippen molar-refractivity contribution in [3.05, 3.63) is 65.5 Å². The molecule has 1 aliphatic rings. The highest BCUT2D eigenvalue weighted by molar-refractivity contribution is 5.95. The van der Waals surface area contributed by atoms with E-state index in [1.165, 1.54) is 24.3 Å². The molecule has 1 heterocycles. The van der Waals surface area contributed by atoms with E-state index in [0.717, 1.165) is 17.7 Å². The van der Waals surface area contributed by atoms with Gasteiger partial charge < -0.3 is 15.0 Å². The lowest BCUT2D eigenvalue weighted by Gasteiger charge is -2.19. The average molecular weight is 413 g/mol. The van der Waals surface area contributed by atoms with Gasteiger partial charge in [0.15, 0.2) is 0 Å². The SMILES string of the molecule is COc1cccc(C2CN(C(=O)c3ccc(F)cc3)CC2C(=O)NCCC(C)C)c1. The summed E-state index contributed by atoms with van der Waals surface area (Å²) in [5.74, 6) is 0.106. The molecule has 1 N–H and O–H groups in total. The van der Waals surface area contributed by atoms with Gasteiger partial charge in [-0.15, -0.1) is 0 Å². The monoisotopic (exact) mass is 412 g/mol. The molecule has 1 saturated heterocycles. The van der Waals surface area contributed by atoms with Gasteiger partial charge in [-0.2, -0.15) is 0 Å². The lowest BCUT2D eigenvalue weighted by Crippen LogP contribution is -2.36. The second-order valence-corrected chi connectivity index (χ2v) is 8.18. The first-order valence-corrected chi connectivity index (χ1v) is 10.4. The molecule has 30 heavy (non-hydrogen) atoms. The molecule has 160 valence electrons. The van der Waals surface area contributed by atoms with Gasteiger partial charge in [-0.25, -0.2) is 4.39 Å². The van der Waals surface area contributed by atoms with Gasteiger partial charge in [0.1, 0.15) is 11.6 Å². The smallest absolute Gasteiger partial charge is 0.253 e. The van der Waals surface area contributed by atoms with Gasteiger partial charge in [-0.1, -0.05) is 26.0 Å². The summed E-state index contributed by atoms with van der Waals surface area (Å²) >= 11 is 0. The number of benzene rings is 2. The number of likely N-dealkylation sites (tertiary alicyclic amines) is 1. The molecule has 0 bridgehead atoms. The van der Waals surface area contributed by atoms with Crippen molar-refractivity contribution >= 4 is 11.8 Å². The summed E-state index contributed by atoms with van der Waals surface area (Å²) in [6.45, 7) is 5.59. The third-order valence-corrected chi connectivity index (χ3v) is 5.58. The van der Waals surface area contributed by atoms with Crippen LogP contribution in [0.4, 0.5) is 4.39 Å². The largest absolute Gasteiger partial charge is 0.497 e. The number of amides is 2. The normalized spacial score (nSPS) is 18.5. The summed E-state index contributed by atoms with van der Waals surface area (Å²) < 4.78 is 18.6. The van der Waals surface area contributed by atoms with Crippen LogP contribution in [0.1, 0.15) is 42.1 Å². The zero-order valence-corrected chi connectivity index (χ0v) is 17.7. The van der Waals surface area contributed by atoms with Crippen LogP contribution in [-0.4, -0.2) is 43.5 Å². The zero-order valence-electron chi connectivity index (χ0n) is 17.7. The Kier molecular flexibility index (Phi) is 7.08. The second kappa shape index (κ2) is 9.74. The molecule has 0 saturated carbocycles. The second-order valence-electron chi connectivity index (χ2n) is 8.18. The maximum Gasteiger partial charge on any atom is 0.253 e. The number of hydrogen-bond acceptors (Lipinski definition) is 3. The predicted octanol–water partition coefficient (Wildman–Crippen LogP) is 3.85. The van der Waals surface area contributed by atoms with Crippen molar-refractivity contribution in [1.82, 2.24) is 10.2 Å². The highest BCUT2D eigenvalue weighted by Gasteiger charge is 2.40. The van der Waals surface area contributed by atoms with Gasteiger partial charge in [0.05, 0.1) is 13.0 Å². The van der Waals surface area contributed by atoms with Crippen LogP contribution in [0.2, 0.25) is 0 Å². The molecule has 2 aromatic carbocycles. The molecule has 0 radical (unpaired) electrons. The van der Waals surface area contributed by atoms with Gasteiger partial charge in [-0.3, -0.25) is 9.59 Å². The van der Waals surface area contributed by atoms with Crippen LogP contribution in [0.3, 0.4) is 0 Å². The maximum absolute atomic E-state index is 13.2. The first kappa shape index (κ1) is 21.8. The number of nitrogens with one attached hydrogen (secondary N) is 1. The van der Waals surface area contributed by atoms with E-state index in [-0.39, 0.29) is 29.5 Å². The molecular weight excluding hydrogens is 383 g/mol. The third-order valence-electron chi connectivity index (χ3n) is 5.58. The van der Waals surface area contributed by atoms with E-state index in [9.17, 15) is 14.0 Å². The molecule has 2 amide bonds. The Morgan fingerprint density at radius 2 is 1.90 bits per heavy atom. The molecule has 2 atom stereocenters. The van der Waals surface area contributed by atoms with Crippen molar-refractivity contribution < 1.29 is 18.7 Å². The quantitative estimate of drug-likeness (QED) is 0.752. The number of rotatable bonds is 7. The standard InChI is InChI=1S/C24H29FN2O3/c1-16(2)11-12-26-23(28)22-15-27(24(29)17-7-9-19(25)10-8-17)14-21(22)18-5-4-6-20(13-18)30-3/h4-10,13,16,21-22H,11-12,14-15H2,1-3H3,(H,26,28). The minimum Gasteiger partial charge on any atom is -0.497 e. The van der Waals surface area contributed by atoms with E-state index >= 15 is 0 Å². The minimum atomic E-state index is -0.385. The predicted molar refractivity (Wildman–Crippen MR) is 114 cm³/mol. The van der Waals surface area contributed by atoms with Gasteiger partial charge in [0.25, 0.3) is 5.91 Å². The Balaban J connectivity index is 1.82. The van der Waals surface area contributed by atoms with E-state index in [4.69, 9.17) is 4.74 Å². The van der Waals surface area contributed by atoms with Crippen molar-refractivity contribution in [2.24, 2.45) is 11.8 Å². The van der Waals surface area contributed by atoms with Gasteiger partial charge in [-0.05, 0) is 54.3 Å². The van der Waals surface area contributed by atoms with Gasteiger partial charge >= 0.3 is 0 Å². The topological polar surface area (TPSA) is 58.6 Å². The van der Waals surface area contributed by atoms with Crippen LogP contribution in [-0.2, 0) is 4.79 Å². The highest BCUT2D eigenvalue weighted by atomic mass is 19.1. The molecule has 6 heteroatoms. The van der Waals surface area contributed by atoms with Crippen LogP contribution in [0.25, 0.3) is 0 Å². The molecule has 3 rings (SSSR count). The summed E-state index contributed by atoms with van der Waals surface area (Å²) in [7, 11) is 1.61. The molecule has 5 nitrogen and oxygen atoms in total. The van der Waals surface area contributed by atoms with Gasteiger partial charge in [0, 0.05) is 31.1 Å². The maximum atomic E-state index is 13.2. The molecular formula is C24H29FN2O3. The summed E-state index contributed by atoms with van der Waals surface area (Å²) in [6.07, 6.45) is 0.903. The lowest BCUT2D eigenvalue weighted by atomic mass is 9.88. The zero-order chi connectivity index (χ0) is 21.7. The lowest BCUT2D eigenvalue weighted by molar-refractivity contribution is -0.124. The average Bonchev–Trinajstić information content (AvgIpc) is 3.19. The molecule has 0 aromatic heterocycles. The Hall–Kier alpha value is -2.89. The molecule has 0 aliphatic carbocycles. The fourth-order valence-electron chi connectivity index (χ4n) is 3.84. The summed E-state index contributed by atoms with van der Waals surface area (Å²) in [4.78, 5) is 27.6. The Morgan fingerprint density at radius 3 is 2.57 bits per heavy atom. The fourth-order valence-corrected chi connectivity index (χ4v) is 3.84. The molecule has 1 fully saturated rings. The van der Waals surface area contributed by atoms with E-state index in [0.29, 0.717) is 31.1 Å². The van der Waals surface area contributed by atoms with Crippen molar-refractivity contribution in [2.75, 3.05) is 26.7 Å². The van der Waals surface area contributed by atoms with E-state index in [2.05, 4.69) is 19.2 Å². The van der Waals surface area contributed by atoms with E-state index < -0.39 is 0 Å². The molecule has 2 unspecified atom stereocenters. The first-order chi connectivity index (χ1) is 14.4. The van der Waals surface area contributed by atoms with Crippen molar-refractivity contribution in [3.63, 3.8) is 0 Å². The Bertz CT molecular complexity index is 882. The van der Waals surface area contributed by atoms with Gasteiger partial charge in [0.2, 0.25) is 5.91 Å². The third kappa shape index (κ3) is 5.17. The molecule has 2 aromatic rings. The van der Waals surface area contributed by atoms with Crippen molar-refractivity contribution in [3.8, 4) is 5.75 Å². The van der Waals surface area contributed by atoms with Crippen LogP contribution < -0.4 is 10.1 Å². The van der Waals surface area contributed by atoms with Crippen LogP contribution in [0.15, 0.2) is 48.5 Å². The summed E-state index contributed by atoms with van der Waals surface area (Å²) in [6, 6.07) is 13.2. The summed E-state index contributed by atoms with van der Waals surface area (Å²) in [5.41, 5.74) is 1.38. The highest BCUT2D eigenvalue weighted by Crippen LogP contribution is 2.35. The van der Waals surface area contributed by atoms with Crippen LogP contribution in [0.5, 0.6) is 5.75 Å². The first-order valence-electron chi connectivity index (χ1n) is 10.4. The van der Waals surface area contributed by atoms with Crippen LogP contribution in [0, 0.1) is 17.7 Å². The number of ether oxygens (including phenoxy) is 1. The van der Waals surface area contributed by atoms with Crippen LogP contribution >= 0.6 is 0 Å². The summed E-state index contributed by atoms with van der Waals surface area (Å²) in [5, 5.41) is 3.03. The number of hydrogen-bond donors (Lipinski definition) is 1. The van der Waals surface area contributed by atoms with Crippen molar-refractivity contribution in [1.29, 1.82) is 0 Å². The number of methoxy groups -OCH3 is 1. The van der Waals surface area contributed by atoms with E-state index in [1.54, 1.807) is 12.0 Å². The Morgan fingerprint density at radius 1 is 1.17 bits per heavy atom. The number of carbonyl (C=O) groups excluding carboxylic acids is 2. The number of carbonyl (C=O) groups is 2. The molecule has 0 spiro atoms. The Labute approximate surface area is 177 Å². The minimum absolute atomic E-state index is 0.0436. The van der Waals surface area contributed by atoms with Crippen molar-refractivity contribution in [2.45, 2.75) is 26.2 Å². The number of nitrogens with zero attached hydrogens (tertiary/aromatic N) is 1. The fraction of sp³-hybridized carbons (Fsp3) is 0.417.